The molecule has 0 bridgehead atoms. The van der Waals surface area contributed by atoms with Crippen molar-refractivity contribution >= 4 is 33.9 Å². The number of benzene rings is 1. The molecule has 1 aromatic carbocycles. The summed E-state index contributed by atoms with van der Waals surface area (Å²) in [5.41, 5.74) is 1.82. The first-order valence-electron chi connectivity index (χ1n) is 7.66. The average molecular weight is 352 g/mol. The summed E-state index contributed by atoms with van der Waals surface area (Å²) in [6.45, 7) is 0.467. The van der Waals surface area contributed by atoms with Gasteiger partial charge in [-0.05, 0) is 41.8 Å². The molecule has 0 spiro atoms. The summed E-state index contributed by atoms with van der Waals surface area (Å²) in [4.78, 5) is 8.48. The lowest BCUT2D eigenvalue weighted by Crippen LogP contribution is -1.96. The number of fused-ring (bicyclic) bond motifs is 1. The average Bonchev–Trinajstić information content (AvgIpc) is 3.15. The molecule has 0 fully saturated rings. The van der Waals surface area contributed by atoms with Gasteiger partial charge >= 0.3 is 0 Å². The van der Waals surface area contributed by atoms with E-state index in [1.165, 1.54) is 0 Å². The first-order valence-corrected chi connectivity index (χ1v) is 8.03. The molecule has 25 heavy (non-hydrogen) atoms. The Morgan fingerprint density at radius 2 is 2.04 bits per heavy atom. The number of rotatable bonds is 5. The molecular weight excluding hydrogens is 338 g/mol. The zero-order valence-electron chi connectivity index (χ0n) is 13.1. The Hall–Kier alpha value is -3.12. The molecule has 6 nitrogen and oxygen atoms in total. The molecule has 2 N–H and O–H groups in total. The van der Waals surface area contributed by atoms with Crippen molar-refractivity contribution in [3.63, 3.8) is 0 Å². The summed E-state index contributed by atoms with van der Waals surface area (Å²) in [5.74, 6) is 1.54. The number of hydrogen-bond donors (Lipinski definition) is 2. The predicted octanol–water partition coefficient (Wildman–Crippen LogP) is 4.33. The van der Waals surface area contributed by atoms with E-state index in [2.05, 4.69) is 25.5 Å². The molecule has 0 atom stereocenters. The Balaban J connectivity index is 1.57. The number of halogens is 1. The highest BCUT2D eigenvalue weighted by Crippen LogP contribution is 2.28. The smallest absolute Gasteiger partial charge is 0.138 e. The number of hydrogen-bond acceptors (Lipinski definition) is 5. The van der Waals surface area contributed by atoms with Gasteiger partial charge in [-0.2, -0.15) is 5.10 Å². The van der Waals surface area contributed by atoms with Gasteiger partial charge in [0.1, 0.15) is 23.3 Å². The minimum absolute atomic E-state index is 0.454. The van der Waals surface area contributed by atoms with Crippen molar-refractivity contribution in [3.8, 4) is 5.75 Å². The number of ether oxygens (including phenoxy) is 1. The molecule has 124 valence electrons. The summed E-state index contributed by atoms with van der Waals surface area (Å²) in [7, 11) is 0. The van der Waals surface area contributed by atoms with Crippen LogP contribution < -0.4 is 10.1 Å². The highest BCUT2D eigenvalue weighted by molar-refractivity contribution is 6.29. The first-order chi connectivity index (χ1) is 12.3. The molecule has 4 aromatic rings. The van der Waals surface area contributed by atoms with Crippen molar-refractivity contribution < 1.29 is 4.74 Å². The summed E-state index contributed by atoms with van der Waals surface area (Å²) < 4.78 is 5.80. The van der Waals surface area contributed by atoms with E-state index in [4.69, 9.17) is 16.3 Å². The molecule has 3 aromatic heterocycles. The maximum absolute atomic E-state index is 5.82. The van der Waals surface area contributed by atoms with Crippen LogP contribution in [0.2, 0.25) is 5.15 Å². The molecule has 0 radical (unpaired) electrons. The van der Waals surface area contributed by atoms with E-state index < -0.39 is 0 Å². The quantitative estimate of drug-likeness (QED) is 0.523. The molecule has 4 rings (SSSR count). The fourth-order valence-corrected chi connectivity index (χ4v) is 2.57. The van der Waals surface area contributed by atoms with Gasteiger partial charge in [-0.25, -0.2) is 9.97 Å². The molecular formula is C18H14ClN5O. The van der Waals surface area contributed by atoms with Crippen molar-refractivity contribution in [2.75, 3.05) is 5.32 Å². The van der Waals surface area contributed by atoms with Crippen LogP contribution in [0.3, 0.4) is 0 Å². The highest BCUT2D eigenvalue weighted by atomic mass is 35.5. The van der Waals surface area contributed by atoms with Crippen molar-refractivity contribution in [3.05, 3.63) is 71.9 Å². The molecule has 0 aliphatic carbocycles. The van der Waals surface area contributed by atoms with Crippen LogP contribution in [0.5, 0.6) is 5.75 Å². The number of aromatic amines is 1. The topological polar surface area (TPSA) is 75.7 Å². The Morgan fingerprint density at radius 1 is 1.08 bits per heavy atom. The van der Waals surface area contributed by atoms with Crippen LogP contribution in [-0.4, -0.2) is 20.2 Å². The van der Waals surface area contributed by atoms with E-state index in [0.29, 0.717) is 11.8 Å². The van der Waals surface area contributed by atoms with E-state index in [1.807, 2.05) is 36.5 Å². The monoisotopic (exact) mass is 351 g/mol. The molecule has 7 heteroatoms. The van der Waals surface area contributed by atoms with Crippen molar-refractivity contribution in [2.45, 2.75) is 6.61 Å². The third-order valence-corrected chi connectivity index (χ3v) is 3.91. The zero-order chi connectivity index (χ0) is 17.1. The fraction of sp³-hybridized carbons (Fsp3) is 0.0556. The lowest BCUT2D eigenvalue weighted by Gasteiger charge is -2.10. The number of aromatic nitrogens is 4. The molecule has 3 heterocycles. The van der Waals surface area contributed by atoms with Crippen LogP contribution in [0.4, 0.5) is 11.5 Å². The number of nitrogens with zero attached hydrogens (tertiary/aromatic N) is 3. The Labute approximate surface area is 148 Å². The maximum atomic E-state index is 5.82. The second-order valence-electron chi connectivity index (χ2n) is 5.43. The largest absolute Gasteiger partial charge is 0.489 e. The van der Waals surface area contributed by atoms with Gasteiger partial charge in [0.2, 0.25) is 0 Å². The number of nitrogens with one attached hydrogen (secondary N) is 2. The molecule has 0 saturated carbocycles. The zero-order valence-corrected chi connectivity index (χ0v) is 13.9. The SMILES string of the molecule is Clc1ccc(Nc2nccc3cc(OCc4cn[nH]c4)ccc23)cn1. The predicted molar refractivity (Wildman–Crippen MR) is 97.2 cm³/mol. The van der Waals surface area contributed by atoms with E-state index in [0.717, 1.165) is 33.6 Å². The van der Waals surface area contributed by atoms with Gasteiger partial charge in [-0.15, -0.1) is 0 Å². The minimum atomic E-state index is 0.454. The van der Waals surface area contributed by atoms with Crippen LogP contribution >= 0.6 is 11.6 Å². The third-order valence-electron chi connectivity index (χ3n) is 3.69. The standard InChI is InChI=1S/C18H14ClN5O/c19-17-4-1-14(10-21-17)24-18-16-3-2-15(7-13(16)5-6-20-18)25-11-12-8-22-23-9-12/h1-10H,11H2,(H,20,24)(H,22,23). The van der Waals surface area contributed by atoms with Crippen molar-refractivity contribution in [1.82, 2.24) is 20.2 Å². The molecule has 0 amide bonds. The third kappa shape index (κ3) is 3.54. The Bertz CT molecular complexity index is 986. The fourth-order valence-electron chi connectivity index (χ4n) is 2.46. The molecule has 0 aliphatic rings. The number of H-pyrrole nitrogens is 1. The van der Waals surface area contributed by atoms with Gasteiger partial charge in [-0.1, -0.05) is 11.6 Å². The van der Waals surface area contributed by atoms with E-state index in [-0.39, 0.29) is 0 Å². The molecule has 0 saturated heterocycles. The van der Waals surface area contributed by atoms with E-state index in [1.54, 1.807) is 24.7 Å². The van der Waals surface area contributed by atoms with Crippen LogP contribution in [0, 0.1) is 0 Å². The summed E-state index contributed by atoms with van der Waals surface area (Å²) in [6, 6.07) is 11.4. The van der Waals surface area contributed by atoms with Crippen LogP contribution in [0.25, 0.3) is 10.8 Å². The van der Waals surface area contributed by atoms with Gasteiger partial charge in [0.05, 0.1) is 18.1 Å². The second kappa shape index (κ2) is 6.78. The second-order valence-corrected chi connectivity index (χ2v) is 5.82. The normalized spacial score (nSPS) is 10.8. The van der Waals surface area contributed by atoms with Crippen LogP contribution in [0.1, 0.15) is 5.56 Å². The van der Waals surface area contributed by atoms with Crippen LogP contribution in [-0.2, 0) is 6.61 Å². The van der Waals surface area contributed by atoms with Crippen molar-refractivity contribution in [1.29, 1.82) is 0 Å². The lowest BCUT2D eigenvalue weighted by molar-refractivity contribution is 0.306. The number of anilines is 2. The van der Waals surface area contributed by atoms with Crippen molar-refractivity contribution in [2.24, 2.45) is 0 Å². The Morgan fingerprint density at radius 3 is 2.84 bits per heavy atom. The highest BCUT2D eigenvalue weighted by Gasteiger charge is 2.05. The summed E-state index contributed by atoms with van der Waals surface area (Å²) in [6.07, 6.45) is 6.99. The van der Waals surface area contributed by atoms with Gasteiger partial charge < -0.3 is 10.1 Å². The van der Waals surface area contributed by atoms with E-state index >= 15 is 0 Å². The van der Waals surface area contributed by atoms with Gasteiger partial charge in [0.15, 0.2) is 0 Å². The summed E-state index contributed by atoms with van der Waals surface area (Å²) >= 11 is 5.82. The number of pyridine rings is 2. The first kappa shape index (κ1) is 15.4. The van der Waals surface area contributed by atoms with Gasteiger partial charge in [0.25, 0.3) is 0 Å². The summed E-state index contributed by atoms with van der Waals surface area (Å²) in [5, 5.41) is 12.4. The van der Waals surface area contributed by atoms with E-state index in [9.17, 15) is 0 Å². The van der Waals surface area contributed by atoms with Gasteiger partial charge in [0, 0.05) is 23.3 Å². The molecule has 0 aliphatic heterocycles. The minimum Gasteiger partial charge on any atom is -0.489 e. The maximum Gasteiger partial charge on any atom is 0.138 e. The van der Waals surface area contributed by atoms with Gasteiger partial charge in [-0.3, -0.25) is 5.10 Å². The Kier molecular flexibility index (Phi) is 4.18. The lowest BCUT2D eigenvalue weighted by atomic mass is 10.1. The molecule has 0 unspecified atom stereocenters. The van der Waals surface area contributed by atoms with Crippen LogP contribution in [0.15, 0.2) is 61.2 Å².